The van der Waals surface area contributed by atoms with E-state index in [2.05, 4.69) is 47.5 Å². The normalized spacial score (nSPS) is 26.0. The molecule has 0 radical (unpaired) electrons. The van der Waals surface area contributed by atoms with Gasteiger partial charge in [0.25, 0.3) is 0 Å². The van der Waals surface area contributed by atoms with Crippen LogP contribution < -0.4 is 20.7 Å². The molecule has 59 heavy (non-hydrogen) atoms. The van der Waals surface area contributed by atoms with E-state index in [1.807, 2.05) is 38.2 Å². The van der Waals surface area contributed by atoms with Crippen LogP contribution in [0.4, 0.5) is 0 Å². The van der Waals surface area contributed by atoms with E-state index in [0.29, 0.717) is 28.3 Å². The number of rotatable bonds is 15. The Morgan fingerprint density at radius 2 is 1.75 bits per heavy atom. The number of aliphatic hydroxyl groups is 1. The number of ether oxygens (including phenoxy) is 2. The Bertz CT molecular complexity index is 2190. The SMILES string of the molecule is C#C[C@@H]1C(C)=C2/C=C3\[N-]C(C4=c5[n-]/c(c(C)c5[C@H](O)[C@@H]4C(=O)OC)=C\c4[n-]c(c(C)c4CC)/C=C/1[N-]2)[C@@H](CCC(=O)OC/C=C(\C)CCC[C@@H](C)CCCCC)[C@@H]3C.[Mg+2]. The van der Waals surface area contributed by atoms with E-state index in [1.165, 1.54) is 44.8 Å². The van der Waals surface area contributed by atoms with E-state index >= 15 is 0 Å². The zero-order valence-corrected chi connectivity index (χ0v) is 38.2. The van der Waals surface area contributed by atoms with E-state index in [9.17, 15) is 14.7 Å². The molecule has 3 aliphatic heterocycles. The van der Waals surface area contributed by atoms with Crippen LogP contribution in [0.25, 0.3) is 28.4 Å². The number of nitrogens with zero attached hydrogens (tertiary/aromatic N) is 4. The zero-order chi connectivity index (χ0) is 41.8. The molecule has 6 rings (SSSR count). The van der Waals surface area contributed by atoms with Crippen molar-refractivity contribution in [3.8, 4) is 12.3 Å². The van der Waals surface area contributed by atoms with Crippen LogP contribution in [-0.4, -0.2) is 59.9 Å². The third-order valence-electron chi connectivity index (χ3n) is 13.1. The van der Waals surface area contributed by atoms with Gasteiger partial charge in [0.2, 0.25) is 0 Å². The zero-order valence-electron chi connectivity index (χ0n) is 36.8. The summed E-state index contributed by atoms with van der Waals surface area (Å²) in [7, 11) is 1.34. The van der Waals surface area contributed by atoms with Gasteiger partial charge in [0.15, 0.2) is 0 Å². The monoisotopic (exact) mass is 810 g/mol. The van der Waals surface area contributed by atoms with Crippen LogP contribution in [0.5, 0.6) is 0 Å². The molecular formula is C49H62MgN4O5-2. The second kappa shape index (κ2) is 20.1. The topological polar surface area (TPSA) is 129 Å². The number of terminal acetylenes is 1. The summed E-state index contributed by atoms with van der Waals surface area (Å²) in [5, 5.41) is 23.6. The average Bonchev–Trinajstić information content (AvgIpc) is 3.94. The molecule has 0 spiro atoms. The van der Waals surface area contributed by atoms with Crippen molar-refractivity contribution < 1.29 is 24.2 Å². The van der Waals surface area contributed by atoms with Crippen molar-refractivity contribution in [3.05, 3.63) is 95.4 Å². The molecule has 1 N–H and O–H groups in total. The van der Waals surface area contributed by atoms with Gasteiger partial charge >= 0.3 is 35.0 Å². The summed E-state index contributed by atoms with van der Waals surface area (Å²) in [6.45, 7) is 17.1. The smallest absolute Gasteiger partial charge is 0.681 e. The maximum absolute atomic E-state index is 13.6. The second-order valence-electron chi connectivity index (χ2n) is 17.0. The summed E-state index contributed by atoms with van der Waals surface area (Å²) in [4.78, 5) is 37.1. The average molecular weight is 811 g/mol. The number of unbranched alkanes of at least 4 members (excludes halogenated alkanes) is 2. The van der Waals surface area contributed by atoms with Crippen molar-refractivity contribution >= 4 is 52.7 Å². The van der Waals surface area contributed by atoms with E-state index in [4.69, 9.17) is 36.5 Å². The first-order valence-electron chi connectivity index (χ1n) is 21.5. The molecule has 0 amide bonds. The Morgan fingerprint density at radius 1 is 1.00 bits per heavy atom. The minimum atomic E-state index is -1.17. The molecule has 4 aliphatic rings. The molecule has 10 heteroatoms. The van der Waals surface area contributed by atoms with Crippen molar-refractivity contribution in [2.75, 3.05) is 13.7 Å². The molecule has 0 aromatic carbocycles. The molecule has 1 fully saturated rings. The Morgan fingerprint density at radius 3 is 2.44 bits per heavy atom. The first-order valence-corrected chi connectivity index (χ1v) is 21.5. The summed E-state index contributed by atoms with van der Waals surface area (Å²) in [5.41, 5.74) is 10.3. The van der Waals surface area contributed by atoms with Gasteiger partial charge < -0.3 is 35.2 Å². The minimum absolute atomic E-state index is 0. The molecule has 1 unspecified atom stereocenters. The predicted molar refractivity (Wildman–Crippen MR) is 236 cm³/mol. The van der Waals surface area contributed by atoms with Crippen LogP contribution >= 0.6 is 0 Å². The maximum atomic E-state index is 13.6. The molecule has 2 aromatic heterocycles. The third kappa shape index (κ3) is 9.53. The largest absolute Gasteiger partial charge is 2.00 e. The van der Waals surface area contributed by atoms with Crippen molar-refractivity contribution in [1.29, 1.82) is 0 Å². The number of aromatic nitrogens is 2. The number of carbonyl (C=O) groups is 2. The van der Waals surface area contributed by atoms with Crippen molar-refractivity contribution in [1.82, 2.24) is 9.97 Å². The van der Waals surface area contributed by atoms with Crippen LogP contribution in [-0.2, 0) is 25.5 Å². The fraction of sp³-hybridized carbons (Fsp3) is 0.551. The molecule has 0 saturated carbocycles. The summed E-state index contributed by atoms with van der Waals surface area (Å²) < 4.78 is 11.1. The Balaban J connectivity index is 0.00000661. The van der Waals surface area contributed by atoms with Gasteiger partial charge in [-0.2, -0.15) is 5.70 Å². The van der Waals surface area contributed by atoms with E-state index in [0.717, 1.165) is 75.9 Å². The van der Waals surface area contributed by atoms with Crippen LogP contribution in [0.2, 0.25) is 0 Å². The summed E-state index contributed by atoms with van der Waals surface area (Å²) in [5.74, 6) is 1.20. The van der Waals surface area contributed by atoms with Gasteiger partial charge in [-0.1, -0.05) is 123 Å². The van der Waals surface area contributed by atoms with Gasteiger partial charge in [0.1, 0.15) is 12.5 Å². The Hall–Kier alpha value is -3.91. The van der Waals surface area contributed by atoms with E-state index in [1.54, 1.807) is 0 Å². The van der Waals surface area contributed by atoms with Crippen molar-refractivity contribution in [3.63, 3.8) is 0 Å². The van der Waals surface area contributed by atoms with Gasteiger partial charge in [-0.25, -0.2) is 0 Å². The number of carbonyl (C=O) groups excluding carboxylic acids is 2. The molecule has 1 saturated heterocycles. The molecule has 1 aliphatic carbocycles. The standard InChI is InChI=1S/C49H62N4O5.Mg/c1-11-14-15-17-27(4)18-16-19-28(5)22-23-58-42(54)21-20-35-31(8)38-24-36-29(6)33(12-2)40(50-36)25-37-30(7)34(13-3)41(51-37)26-39-32(9)43-47(53-39)44(46(35)52-38)45(48(43)55)49(56)57-10;/h2,22,24-27,31,33,35,45-46,48,55H,11,13-21,23H2,1,3-10H3;/q-4;+2/b28-22+,38-24-,39-26-,40-25-;/t27-,31-,33+,35-,45+,46?,48-;/m0./s1. The number of hydrogen-bond acceptors (Lipinski definition) is 5. The van der Waals surface area contributed by atoms with Gasteiger partial charge in [-0.15, -0.1) is 39.9 Å². The fourth-order valence-corrected chi connectivity index (χ4v) is 9.47. The molecule has 5 heterocycles. The molecule has 9 nitrogen and oxygen atoms in total. The van der Waals surface area contributed by atoms with Gasteiger partial charge in [-0.3, -0.25) is 9.59 Å². The summed E-state index contributed by atoms with van der Waals surface area (Å²) in [6, 6.07) is -0.562. The molecule has 7 atom stereocenters. The van der Waals surface area contributed by atoms with E-state index < -0.39 is 24.0 Å². The molecule has 8 bridgehead atoms. The number of aliphatic hydroxyl groups excluding tert-OH is 1. The third-order valence-corrected chi connectivity index (χ3v) is 13.1. The number of hydrogen-bond donors (Lipinski definition) is 1. The summed E-state index contributed by atoms with van der Waals surface area (Å²) in [6.07, 6.45) is 22.9. The predicted octanol–water partition coefficient (Wildman–Crippen LogP) is 8.03. The maximum Gasteiger partial charge on any atom is 2.00 e. The van der Waals surface area contributed by atoms with Gasteiger partial charge in [0.05, 0.1) is 13.2 Å². The van der Waals surface area contributed by atoms with Crippen LogP contribution in [0.15, 0.2) is 40.4 Å². The first kappa shape index (κ1) is 46.2. The van der Waals surface area contributed by atoms with Crippen molar-refractivity contribution in [2.45, 2.75) is 132 Å². The van der Waals surface area contributed by atoms with Crippen LogP contribution in [0, 0.1) is 55.8 Å². The Kier molecular flexibility index (Phi) is 15.7. The number of fused-ring (bicyclic) bond motifs is 8. The molecule has 312 valence electrons. The minimum Gasteiger partial charge on any atom is -0.681 e. The quantitative estimate of drug-likeness (QED) is 0.0634. The van der Waals surface area contributed by atoms with Gasteiger partial charge in [0, 0.05) is 12.3 Å². The number of methoxy groups -OCH3 is 1. The van der Waals surface area contributed by atoms with Gasteiger partial charge in [-0.05, 0) is 82.8 Å². The number of esters is 2. The van der Waals surface area contributed by atoms with E-state index in [-0.39, 0.29) is 59.8 Å². The molecular weight excluding hydrogens is 749 g/mol. The Labute approximate surface area is 367 Å². The van der Waals surface area contributed by atoms with Crippen molar-refractivity contribution in [2.24, 2.45) is 29.6 Å². The second-order valence-corrected chi connectivity index (χ2v) is 17.0. The summed E-state index contributed by atoms with van der Waals surface area (Å²) >= 11 is 0. The first-order chi connectivity index (χ1) is 27.8. The number of allylic oxidation sites excluding steroid dienone is 4. The fourth-order valence-electron chi connectivity index (χ4n) is 9.47. The van der Waals surface area contributed by atoms with Crippen LogP contribution in [0.1, 0.15) is 139 Å². The molecule has 2 aromatic rings. The van der Waals surface area contributed by atoms with Crippen LogP contribution in [0.3, 0.4) is 0 Å².